The zero-order valence-electron chi connectivity index (χ0n) is 31.6. The Morgan fingerprint density at radius 2 is 1.75 bits per heavy atom. The van der Waals surface area contributed by atoms with Gasteiger partial charge in [0.1, 0.15) is 6.04 Å². The minimum absolute atomic E-state index is 0.0599. The molecular weight excluding hydrogens is 717 g/mol. The Hall–Kier alpha value is -4.85. The Balaban J connectivity index is 1.24. The molecule has 13 heteroatoms. The normalized spacial score (nSPS) is 17.6. The average molecular weight is 769 g/mol. The molecule has 0 bridgehead atoms. The van der Waals surface area contributed by atoms with E-state index in [0.29, 0.717) is 31.6 Å². The molecule has 4 atom stereocenters. The van der Waals surface area contributed by atoms with Gasteiger partial charge in [0.15, 0.2) is 0 Å². The summed E-state index contributed by atoms with van der Waals surface area (Å²) in [5, 5.41) is 28.1. The van der Waals surface area contributed by atoms with E-state index in [1.807, 2.05) is 74.5 Å². The first-order valence-electron chi connectivity index (χ1n) is 19.3. The summed E-state index contributed by atoms with van der Waals surface area (Å²) in [6.07, 6.45) is 6.40. The Morgan fingerprint density at radius 3 is 2.45 bits per heavy atom. The molecule has 1 aliphatic heterocycles. The van der Waals surface area contributed by atoms with Gasteiger partial charge in [0.05, 0.1) is 28.8 Å². The molecule has 292 valence electrons. The molecule has 1 aromatic heterocycles. The number of carbonyl (C=O) groups is 2. The molecule has 1 aliphatic carbocycles. The lowest BCUT2D eigenvalue weighted by atomic mass is 9.95. The van der Waals surface area contributed by atoms with Crippen LogP contribution in [-0.2, 0) is 27.8 Å². The molecule has 0 radical (unpaired) electrons. The number of rotatable bonds is 17. The van der Waals surface area contributed by atoms with Crippen LogP contribution in [-0.4, -0.2) is 100 Å². The van der Waals surface area contributed by atoms with Crippen molar-refractivity contribution in [3.8, 4) is 0 Å². The number of nitrogens with one attached hydrogen (secondary N) is 1. The molecule has 4 aromatic rings. The molecule has 3 aromatic carbocycles. The van der Waals surface area contributed by atoms with Gasteiger partial charge in [-0.1, -0.05) is 105 Å². The van der Waals surface area contributed by atoms with Gasteiger partial charge >= 0.3 is 6.03 Å². The minimum Gasteiger partial charge on any atom is -0.411 e. The summed E-state index contributed by atoms with van der Waals surface area (Å²) >= 11 is 0. The standard InChI is InChI=1S/C42H52N6O6S/c1-3-30(2)40(48-24-23-46(42(48)51)28-35-16-9-15-34-17-10-22-43-39(34)35)41(50)45-37(25-31-11-5-4-6-12-31)38(49)29-47(27-33-13-7-8-14-33)55(53,54)36-20-18-32(19-21-36)26-44-52/h4-6,9-12,15-22,26,30,33,37-38,40,49,52H,3,7-8,13-14,23-25,27-29H2,1-2H3,(H,45,50)/t30-,37-,38+,40-/m0/s1. The van der Waals surface area contributed by atoms with Gasteiger partial charge in [-0.15, -0.1) is 0 Å². The highest BCUT2D eigenvalue weighted by molar-refractivity contribution is 7.89. The third kappa shape index (κ3) is 9.52. The third-order valence-electron chi connectivity index (χ3n) is 11.1. The molecule has 0 unspecified atom stereocenters. The largest absolute Gasteiger partial charge is 0.411 e. The fourth-order valence-corrected chi connectivity index (χ4v) is 9.42. The summed E-state index contributed by atoms with van der Waals surface area (Å²) in [4.78, 5) is 36.5. The molecule has 2 fully saturated rings. The van der Waals surface area contributed by atoms with Crippen LogP contribution in [0, 0.1) is 11.8 Å². The molecule has 1 saturated carbocycles. The quantitative estimate of drug-likeness (QED) is 0.0711. The maximum absolute atomic E-state index is 14.5. The van der Waals surface area contributed by atoms with E-state index in [1.165, 1.54) is 22.7 Å². The van der Waals surface area contributed by atoms with Crippen LogP contribution in [0.2, 0.25) is 0 Å². The van der Waals surface area contributed by atoms with Crippen LogP contribution in [0.25, 0.3) is 10.9 Å². The van der Waals surface area contributed by atoms with Crippen molar-refractivity contribution in [2.75, 3.05) is 26.2 Å². The highest BCUT2D eigenvalue weighted by atomic mass is 32.2. The summed E-state index contributed by atoms with van der Waals surface area (Å²) in [6, 6.07) is 23.4. The van der Waals surface area contributed by atoms with Crippen LogP contribution in [0.3, 0.4) is 0 Å². The number of nitrogens with zero attached hydrogens (tertiary/aromatic N) is 5. The van der Waals surface area contributed by atoms with Crippen molar-refractivity contribution in [3.05, 3.63) is 108 Å². The van der Waals surface area contributed by atoms with Crippen LogP contribution in [0.5, 0.6) is 0 Å². The number of oxime groups is 1. The van der Waals surface area contributed by atoms with E-state index in [2.05, 4.69) is 15.5 Å². The second-order valence-corrected chi connectivity index (χ2v) is 16.8. The topological polar surface area (TPSA) is 156 Å². The summed E-state index contributed by atoms with van der Waals surface area (Å²) in [5.74, 6) is -0.438. The predicted molar refractivity (Wildman–Crippen MR) is 212 cm³/mol. The number of sulfonamides is 1. The van der Waals surface area contributed by atoms with Crippen LogP contribution >= 0.6 is 0 Å². The zero-order chi connectivity index (χ0) is 39.0. The number of carbonyl (C=O) groups excluding carboxylic acids is 2. The van der Waals surface area contributed by atoms with Gasteiger partial charge in [0, 0.05) is 44.3 Å². The van der Waals surface area contributed by atoms with E-state index < -0.39 is 28.2 Å². The van der Waals surface area contributed by atoms with Gasteiger partial charge in [-0.2, -0.15) is 4.31 Å². The van der Waals surface area contributed by atoms with Crippen LogP contribution in [0.15, 0.2) is 101 Å². The highest BCUT2D eigenvalue weighted by Crippen LogP contribution is 2.29. The van der Waals surface area contributed by atoms with Crippen molar-refractivity contribution in [1.29, 1.82) is 0 Å². The fourth-order valence-electron chi connectivity index (χ4n) is 7.89. The number of fused-ring (bicyclic) bond motifs is 1. The molecule has 2 aliphatic rings. The van der Waals surface area contributed by atoms with Gasteiger partial charge in [-0.3, -0.25) is 9.78 Å². The number of hydrogen-bond donors (Lipinski definition) is 3. The van der Waals surface area contributed by atoms with E-state index in [9.17, 15) is 23.1 Å². The van der Waals surface area contributed by atoms with E-state index >= 15 is 0 Å². The van der Waals surface area contributed by atoms with Crippen LogP contribution in [0.4, 0.5) is 4.79 Å². The maximum atomic E-state index is 14.5. The first-order valence-corrected chi connectivity index (χ1v) is 20.7. The molecule has 1 saturated heterocycles. The smallest absolute Gasteiger partial charge is 0.321 e. The Kier molecular flexibility index (Phi) is 13.2. The number of benzene rings is 3. The zero-order valence-corrected chi connectivity index (χ0v) is 32.4. The van der Waals surface area contributed by atoms with E-state index in [0.717, 1.165) is 47.7 Å². The first-order chi connectivity index (χ1) is 26.6. The number of aliphatic hydroxyl groups excluding tert-OH is 1. The Labute approximate surface area is 323 Å². The number of pyridine rings is 1. The van der Waals surface area contributed by atoms with Crippen molar-refractivity contribution < 1.29 is 28.3 Å². The van der Waals surface area contributed by atoms with Gasteiger partial charge in [0.25, 0.3) is 0 Å². The number of amides is 3. The molecule has 0 spiro atoms. The van der Waals surface area contributed by atoms with Crippen molar-refractivity contribution in [1.82, 2.24) is 24.4 Å². The van der Waals surface area contributed by atoms with Crippen molar-refractivity contribution >= 4 is 39.1 Å². The first kappa shape index (κ1) is 39.8. The Bertz CT molecular complexity index is 2040. The maximum Gasteiger partial charge on any atom is 0.321 e. The molecular formula is C42H52N6O6S. The molecule has 12 nitrogen and oxygen atoms in total. The molecule has 2 heterocycles. The lowest BCUT2D eigenvalue weighted by molar-refractivity contribution is -0.128. The highest BCUT2D eigenvalue weighted by Gasteiger charge is 2.41. The van der Waals surface area contributed by atoms with Gasteiger partial charge < -0.3 is 25.4 Å². The van der Waals surface area contributed by atoms with Gasteiger partial charge in [-0.05, 0) is 66.0 Å². The van der Waals surface area contributed by atoms with E-state index in [-0.39, 0.29) is 48.2 Å². The van der Waals surface area contributed by atoms with Gasteiger partial charge in [0.2, 0.25) is 15.9 Å². The van der Waals surface area contributed by atoms with Crippen molar-refractivity contribution in [2.24, 2.45) is 17.0 Å². The number of hydrogen-bond acceptors (Lipinski definition) is 8. The molecule has 3 N–H and O–H groups in total. The SMILES string of the molecule is CC[C@H](C)[C@@H](C(=O)N[C@@H](Cc1ccccc1)[C@H](O)CN(CC1CCCC1)S(=O)(=O)c1ccc(C=NO)cc1)N1CCN(Cc2cccc3cccnc23)C1=O. The monoisotopic (exact) mass is 768 g/mol. The number of aliphatic hydroxyl groups is 1. The summed E-state index contributed by atoms with van der Waals surface area (Å²) < 4.78 is 29.8. The molecule has 3 amide bonds. The van der Waals surface area contributed by atoms with Crippen molar-refractivity contribution in [3.63, 3.8) is 0 Å². The van der Waals surface area contributed by atoms with Crippen molar-refractivity contribution in [2.45, 2.75) is 82.0 Å². The predicted octanol–water partition coefficient (Wildman–Crippen LogP) is 5.66. The van der Waals surface area contributed by atoms with Crippen LogP contribution in [0.1, 0.15) is 62.6 Å². The second-order valence-electron chi connectivity index (χ2n) is 14.9. The molecule has 55 heavy (non-hydrogen) atoms. The van der Waals surface area contributed by atoms with E-state index in [1.54, 1.807) is 28.1 Å². The van der Waals surface area contributed by atoms with Crippen LogP contribution < -0.4 is 5.32 Å². The summed E-state index contributed by atoms with van der Waals surface area (Å²) in [5.41, 5.74) is 3.17. The fraction of sp³-hybridized carbons (Fsp3) is 0.429. The second kappa shape index (κ2) is 18.2. The molecule has 6 rings (SSSR count). The number of para-hydroxylation sites is 1. The van der Waals surface area contributed by atoms with Gasteiger partial charge in [-0.25, -0.2) is 13.2 Å². The number of aromatic nitrogens is 1. The summed E-state index contributed by atoms with van der Waals surface area (Å²) in [7, 11) is -4.06. The Morgan fingerprint density at radius 1 is 1.02 bits per heavy atom. The lowest BCUT2D eigenvalue weighted by Crippen LogP contribution is -2.57. The minimum atomic E-state index is -4.06. The lowest BCUT2D eigenvalue weighted by Gasteiger charge is -2.35. The summed E-state index contributed by atoms with van der Waals surface area (Å²) in [6.45, 7) is 5.10. The average Bonchev–Trinajstić information content (AvgIpc) is 3.84. The number of urea groups is 1. The van der Waals surface area contributed by atoms with E-state index in [4.69, 9.17) is 5.21 Å². The third-order valence-corrected chi connectivity index (χ3v) is 13.0.